The third-order valence-electron chi connectivity index (χ3n) is 13.9. The second-order valence-corrected chi connectivity index (χ2v) is 17.1. The second-order valence-electron chi connectivity index (χ2n) is 17.1. The van der Waals surface area contributed by atoms with Crippen LogP contribution in [-0.4, -0.2) is 0 Å². The third kappa shape index (κ3) is 4.76. The maximum absolute atomic E-state index is 6.89. The fourth-order valence-electron chi connectivity index (χ4n) is 11.3. The minimum Gasteiger partial charge on any atom is -0.456 e. The van der Waals surface area contributed by atoms with E-state index in [9.17, 15) is 0 Å². The first-order chi connectivity index (χ1) is 31.8. The molecule has 12 aromatic rings. The minimum absolute atomic E-state index is 0.664. The number of fused-ring (bicyclic) bond motifs is 19. The van der Waals surface area contributed by atoms with Gasteiger partial charge in [0.15, 0.2) is 0 Å². The summed E-state index contributed by atoms with van der Waals surface area (Å²) in [6.45, 7) is 0. The Labute approximate surface area is 369 Å². The molecule has 2 aliphatic rings. The molecule has 1 atom stereocenters. The summed E-state index contributed by atoms with van der Waals surface area (Å²) in [5.41, 5.74) is 20.5. The smallest absolute Gasteiger partial charge is 0.143 e. The number of rotatable bonds is 4. The minimum atomic E-state index is -0.664. The Morgan fingerprint density at radius 3 is 1.62 bits per heavy atom. The van der Waals surface area contributed by atoms with Crippen LogP contribution in [0.2, 0.25) is 0 Å². The van der Waals surface area contributed by atoms with E-state index < -0.39 is 5.41 Å². The predicted molar refractivity (Wildman–Crippen MR) is 263 cm³/mol. The Balaban J connectivity index is 1.09. The van der Waals surface area contributed by atoms with Crippen LogP contribution >= 0.6 is 0 Å². The number of nitrogens with zero attached hydrogens (tertiary/aromatic N) is 1. The fraction of sp³-hybridized carbons (Fsp3) is 0.0164. The van der Waals surface area contributed by atoms with Crippen molar-refractivity contribution in [3.63, 3.8) is 0 Å². The van der Waals surface area contributed by atoms with Crippen LogP contribution in [0.25, 0.3) is 88.4 Å². The molecule has 14 rings (SSSR count). The average molecular weight is 816 g/mol. The van der Waals surface area contributed by atoms with Crippen LogP contribution in [0, 0.1) is 0 Å². The first-order valence-corrected chi connectivity index (χ1v) is 22.0. The molecular formula is C61H37NO2. The van der Waals surface area contributed by atoms with Gasteiger partial charge in [-0.3, -0.25) is 0 Å². The highest BCUT2D eigenvalue weighted by Crippen LogP contribution is 2.63. The van der Waals surface area contributed by atoms with E-state index in [1.54, 1.807) is 0 Å². The number of hydrogen-bond acceptors (Lipinski definition) is 3. The first-order valence-electron chi connectivity index (χ1n) is 22.0. The molecule has 298 valence electrons. The van der Waals surface area contributed by atoms with E-state index in [0.717, 1.165) is 77.6 Å². The van der Waals surface area contributed by atoms with Crippen molar-refractivity contribution in [3.05, 3.63) is 247 Å². The molecule has 3 nitrogen and oxygen atoms in total. The van der Waals surface area contributed by atoms with Gasteiger partial charge in [0.05, 0.1) is 11.1 Å². The second kappa shape index (κ2) is 13.3. The Kier molecular flexibility index (Phi) is 7.32. The number of anilines is 3. The van der Waals surface area contributed by atoms with Crippen molar-refractivity contribution in [2.75, 3.05) is 4.90 Å². The monoisotopic (exact) mass is 815 g/mol. The quantitative estimate of drug-likeness (QED) is 0.177. The van der Waals surface area contributed by atoms with Gasteiger partial charge in [0.25, 0.3) is 0 Å². The van der Waals surface area contributed by atoms with E-state index in [1.165, 1.54) is 50.1 Å². The maximum atomic E-state index is 6.89. The molecule has 2 heterocycles. The lowest BCUT2D eigenvalue weighted by atomic mass is 9.66. The SMILES string of the molecule is c1ccc(-c2ccccc2N(c2ccc3c(c2)-c2ccccc2-c2ccccc2C32c3ccccc3-c3c2ccc2c3oc3ccccc32)c2ccc3c(c2)oc2ccccc23)cc1. The van der Waals surface area contributed by atoms with E-state index in [1.807, 2.05) is 12.1 Å². The molecule has 0 saturated carbocycles. The molecule has 1 unspecified atom stereocenters. The lowest BCUT2D eigenvalue weighted by molar-refractivity contribution is 0.668. The molecular weight excluding hydrogens is 779 g/mol. The first kappa shape index (κ1) is 35.2. The van der Waals surface area contributed by atoms with Crippen LogP contribution in [-0.2, 0) is 5.41 Å². The van der Waals surface area contributed by atoms with Gasteiger partial charge in [-0.15, -0.1) is 0 Å². The molecule has 2 aliphatic carbocycles. The lowest BCUT2D eigenvalue weighted by Gasteiger charge is -2.36. The van der Waals surface area contributed by atoms with Gasteiger partial charge in [-0.25, -0.2) is 0 Å². The summed E-state index contributed by atoms with van der Waals surface area (Å²) < 4.78 is 13.5. The highest BCUT2D eigenvalue weighted by molar-refractivity contribution is 6.13. The van der Waals surface area contributed by atoms with Gasteiger partial charge >= 0.3 is 0 Å². The molecule has 0 amide bonds. The van der Waals surface area contributed by atoms with E-state index in [2.05, 4.69) is 217 Å². The van der Waals surface area contributed by atoms with Crippen LogP contribution in [0.3, 0.4) is 0 Å². The summed E-state index contributed by atoms with van der Waals surface area (Å²) in [6, 6.07) is 81.7. The van der Waals surface area contributed by atoms with Crippen molar-refractivity contribution in [2.45, 2.75) is 5.41 Å². The van der Waals surface area contributed by atoms with Gasteiger partial charge < -0.3 is 13.7 Å². The number of hydrogen-bond donors (Lipinski definition) is 0. The molecule has 0 radical (unpaired) electrons. The van der Waals surface area contributed by atoms with Gasteiger partial charge in [0.1, 0.15) is 22.3 Å². The van der Waals surface area contributed by atoms with E-state index >= 15 is 0 Å². The van der Waals surface area contributed by atoms with Crippen molar-refractivity contribution < 1.29 is 8.83 Å². The molecule has 3 heteroatoms. The van der Waals surface area contributed by atoms with Crippen LogP contribution in [0.15, 0.2) is 233 Å². The fourth-order valence-corrected chi connectivity index (χ4v) is 11.3. The Morgan fingerprint density at radius 1 is 0.312 bits per heavy atom. The van der Waals surface area contributed by atoms with E-state index in [-0.39, 0.29) is 0 Å². The van der Waals surface area contributed by atoms with Crippen molar-refractivity contribution >= 4 is 60.9 Å². The van der Waals surface area contributed by atoms with Gasteiger partial charge in [0, 0.05) is 50.1 Å². The zero-order valence-electron chi connectivity index (χ0n) is 34.6. The molecule has 1 spiro atoms. The molecule has 2 aromatic heterocycles. The molecule has 0 bridgehead atoms. The van der Waals surface area contributed by atoms with Gasteiger partial charge in [-0.05, 0) is 98.1 Å². The van der Waals surface area contributed by atoms with Crippen LogP contribution in [0.4, 0.5) is 17.1 Å². The molecule has 0 N–H and O–H groups in total. The standard InChI is InChI=1S/C61H37NO2/c1-2-16-38(17-3-1)41-18-8-13-27-55(41)62(40-30-32-47-45-22-9-14-28-56(45)63-58(47)37-40)39-31-34-53-50(36-39)43-20-5-4-19-42(43)44-21-6-11-25-51(44)61(53)52-26-12-7-24-49(52)59-54(61)35-33-48-46-23-10-15-29-57(46)64-60(48)59/h1-37H. The summed E-state index contributed by atoms with van der Waals surface area (Å²) in [7, 11) is 0. The van der Waals surface area contributed by atoms with Gasteiger partial charge in [-0.2, -0.15) is 0 Å². The number of para-hydroxylation sites is 3. The van der Waals surface area contributed by atoms with Crippen molar-refractivity contribution in [2.24, 2.45) is 0 Å². The van der Waals surface area contributed by atoms with Crippen LogP contribution in [0.1, 0.15) is 22.3 Å². The summed E-state index contributed by atoms with van der Waals surface area (Å²) in [6.07, 6.45) is 0. The average Bonchev–Trinajstić information content (AvgIpc) is 4.00. The molecule has 64 heavy (non-hydrogen) atoms. The van der Waals surface area contributed by atoms with Crippen LogP contribution < -0.4 is 4.90 Å². The number of benzene rings is 10. The molecule has 0 fully saturated rings. The van der Waals surface area contributed by atoms with Gasteiger partial charge in [-0.1, -0.05) is 176 Å². The summed E-state index contributed by atoms with van der Waals surface area (Å²) >= 11 is 0. The number of furan rings is 2. The predicted octanol–water partition coefficient (Wildman–Crippen LogP) is 16.6. The maximum Gasteiger partial charge on any atom is 0.143 e. The molecule has 10 aromatic carbocycles. The van der Waals surface area contributed by atoms with E-state index in [4.69, 9.17) is 8.83 Å². The van der Waals surface area contributed by atoms with Crippen molar-refractivity contribution in [3.8, 4) is 44.5 Å². The highest BCUT2D eigenvalue weighted by Gasteiger charge is 2.50. The Morgan fingerprint density at radius 2 is 0.828 bits per heavy atom. The summed E-state index contributed by atoms with van der Waals surface area (Å²) in [5, 5.41) is 4.48. The Bertz CT molecular complexity index is 3870. The normalized spacial score (nSPS) is 14.6. The summed E-state index contributed by atoms with van der Waals surface area (Å²) in [4.78, 5) is 2.41. The molecule has 0 saturated heterocycles. The zero-order chi connectivity index (χ0) is 41.9. The highest BCUT2D eigenvalue weighted by atomic mass is 16.3. The topological polar surface area (TPSA) is 29.5 Å². The van der Waals surface area contributed by atoms with E-state index in [0.29, 0.717) is 0 Å². The molecule has 0 aliphatic heterocycles. The van der Waals surface area contributed by atoms with Gasteiger partial charge in [0.2, 0.25) is 0 Å². The largest absolute Gasteiger partial charge is 0.456 e. The lowest BCUT2D eigenvalue weighted by Crippen LogP contribution is -2.29. The zero-order valence-corrected chi connectivity index (χ0v) is 34.6. The summed E-state index contributed by atoms with van der Waals surface area (Å²) in [5.74, 6) is 0. The van der Waals surface area contributed by atoms with Crippen LogP contribution in [0.5, 0.6) is 0 Å². The van der Waals surface area contributed by atoms with Crippen molar-refractivity contribution in [1.29, 1.82) is 0 Å². The third-order valence-corrected chi connectivity index (χ3v) is 13.9. The Hall–Kier alpha value is -8.40. The van der Waals surface area contributed by atoms with Crippen molar-refractivity contribution in [1.82, 2.24) is 0 Å².